The molecular formula is C33H22Cl2N2O5. The average Bonchev–Trinajstić information content (AvgIpc) is 3.27. The minimum Gasteiger partial charge on any atom is -0.452 e. The molecule has 1 fully saturated rings. The van der Waals surface area contributed by atoms with Gasteiger partial charge in [-0.05, 0) is 58.7 Å². The van der Waals surface area contributed by atoms with E-state index in [4.69, 9.17) is 27.9 Å². The van der Waals surface area contributed by atoms with Crippen molar-refractivity contribution in [2.45, 2.75) is 11.8 Å². The van der Waals surface area contributed by atoms with Crippen molar-refractivity contribution in [3.05, 3.63) is 129 Å². The highest BCUT2D eigenvalue weighted by atomic mass is 35.5. The van der Waals surface area contributed by atoms with E-state index in [-0.39, 0.29) is 45.6 Å². The monoisotopic (exact) mass is 596 g/mol. The fourth-order valence-corrected chi connectivity index (χ4v) is 7.03. The molecule has 0 unspecified atom stereocenters. The Hall–Kier alpha value is -4.46. The van der Waals surface area contributed by atoms with E-state index in [2.05, 4.69) is 5.32 Å². The second-order valence-electron chi connectivity index (χ2n) is 10.6. The lowest BCUT2D eigenvalue weighted by molar-refractivity contribution is -0.122. The summed E-state index contributed by atoms with van der Waals surface area (Å²) in [5, 5.41) is 3.22. The standard InChI is InChI=1S/C33H22Cl2N2O5/c34-18-12-13-24(35)25(15-18)36-26(38)16-42-33(41)17-6-5-7-19(14-17)37-31(39)29-27-20-8-1-2-9-21(20)28(30(29)32(37)40)23-11-4-3-10-22(23)27/h1-15,27-30H,16H2,(H,36,38)/t27?,28?,29-,30+. The van der Waals surface area contributed by atoms with Crippen molar-refractivity contribution in [1.29, 1.82) is 0 Å². The van der Waals surface area contributed by atoms with Crippen LogP contribution in [0.1, 0.15) is 44.4 Å². The number of imide groups is 1. The number of carbonyl (C=O) groups excluding carboxylic acids is 4. The van der Waals surface area contributed by atoms with Crippen LogP contribution in [-0.4, -0.2) is 30.3 Å². The molecule has 42 heavy (non-hydrogen) atoms. The van der Waals surface area contributed by atoms with Crippen LogP contribution in [0.25, 0.3) is 0 Å². The number of rotatable bonds is 5. The summed E-state index contributed by atoms with van der Waals surface area (Å²) in [5.41, 5.74) is 5.01. The van der Waals surface area contributed by atoms with Gasteiger partial charge in [0.1, 0.15) is 0 Å². The largest absolute Gasteiger partial charge is 0.452 e. The molecule has 1 N–H and O–H groups in total. The highest BCUT2D eigenvalue weighted by molar-refractivity contribution is 6.35. The third-order valence-corrected chi connectivity index (χ3v) is 8.89. The summed E-state index contributed by atoms with van der Waals surface area (Å²) >= 11 is 12.0. The van der Waals surface area contributed by atoms with Gasteiger partial charge in [0.2, 0.25) is 11.8 Å². The second-order valence-corrected chi connectivity index (χ2v) is 11.4. The minimum absolute atomic E-state index is 0.103. The molecule has 0 spiro atoms. The summed E-state index contributed by atoms with van der Waals surface area (Å²) in [4.78, 5) is 54.5. The van der Waals surface area contributed by atoms with Crippen LogP contribution in [0.2, 0.25) is 10.0 Å². The molecule has 0 radical (unpaired) electrons. The van der Waals surface area contributed by atoms with E-state index in [9.17, 15) is 19.2 Å². The number of hydrogen-bond acceptors (Lipinski definition) is 5. The van der Waals surface area contributed by atoms with Crippen molar-refractivity contribution in [2.24, 2.45) is 11.8 Å². The highest BCUT2D eigenvalue weighted by Gasteiger charge is 2.61. The van der Waals surface area contributed by atoms with Crippen molar-refractivity contribution < 1.29 is 23.9 Å². The van der Waals surface area contributed by atoms with Crippen LogP contribution in [0.15, 0.2) is 91.0 Å². The van der Waals surface area contributed by atoms with E-state index in [1.54, 1.807) is 18.2 Å². The van der Waals surface area contributed by atoms with Crippen LogP contribution in [0, 0.1) is 11.8 Å². The third kappa shape index (κ3) is 4.11. The van der Waals surface area contributed by atoms with Gasteiger partial charge in [0.15, 0.2) is 6.61 Å². The summed E-state index contributed by atoms with van der Waals surface area (Å²) in [6.45, 7) is -0.572. The number of hydrogen-bond donors (Lipinski definition) is 1. The predicted octanol–water partition coefficient (Wildman–Crippen LogP) is 6.19. The lowest BCUT2D eigenvalue weighted by Crippen LogP contribution is -2.41. The molecule has 1 heterocycles. The Balaban J connectivity index is 1.13. The van der Waals surface area contributed by atoms with E-state index < -0.39 is 30.3 Å². The Bertz CT molecular complexity index is 1710. The zero-order valence-corrected chi connectivity index (χ0v) is 23.4. The summed E-state index contributed by atoms with van der Waals surface area (Å²) in [7, 11) is 0. The Morgan fingerprint density at radius 2 is 1.31 bits per heavy atom. The molecule has 4 aliphatic rings. The van der Waals surface area contributed by atoms with Crippen molar-refractivity contribution in [3.8, 4) is 0 Å². The number of esters is 1. The lowest BCUT2D eigenvalue weighted by Gasteiger charge is -2.45. The van der Waals surface area contributed by atoms with Crippen molar-refractivity contribution in [1.82, 2.24) is 0 Å². The number of anilines is 2. The van der Waals surface area contributed by atoms with Gasteiger partial charge in [-0.2, -0.15) is 0 Å². The first-order chi connectivity index (χ1) is 20.3. The molecule has 3 aliphatic carbocycles. The molecule has 7 nitrogen and oxygen atoms in total. The number of carbonyl (C=O) groups is 4. The lowest BCUT2D eigenvalue weighted by atomic mass is 9.55. The first-order valence-corrected chi connectivity index (χ1v) is 14.2. The molecule has 9 heteroatoms. The molecule has 208 valence electrons. The van der Waals surface area contributed by atoms with E-state index in [1.807, 2.05) is 48.5 Å². The highest BCUT2D eigenvalue weighted by Crippen LogP contribution is 2.61. The van der Waals surface area contributed by atoms with Crippen molar-refractivity contribution in [3.63, 3.8) is 0 Å². The molecule has 1 saturated heterocycles. The molecule has 2 bridgehead atoms. The van der Waals surface area contributed by atoms with Gasteiger partial charge in [-0.25, -0.2) is 9.69 Å². The summed E-state index contributed by atoms with van der Waals surface area (Å²) in [5.74, 6) is -3.48. The van der Waals surface area contributed by atoms with Crippen LogP contribution in [-0.2, 0) is 19.1 Å². The van der Waals surface area contributed by atoms with Crippen molar-refractivity contribution in [2.75, 3.05) is 16.8 Å². The molecular weight excluding hydrogens is 575 g/mol. The van der Waals surface area contributed by atoms with Crippen LogP contribution >= 0.6 is 23.2 Å². The molecule has 3 amide bonds. The zero-order chi connectivity index (χ0) is 29.1. The molecule has 0 saturated carbocycles. The average molecular weight is 597 g/mol. The first-order valence-electron chi connectivity index (χ1n) is 13.4. The van der Waals surface area contributed by atoms with Gasteiger partial charge in [-0.1, -0.05) is 77.8 Å². The molecule has 4 aromatic rings. The first kappa shape index (κ1) is 26.4. The van der Waals surface area contributed by atoms with Gasteiger partial charge in [0, 0.05) is 16.9 Å². The van der Waals surface area contributed by atoms with Gasteiger partial charge < -0.3 is 10.1 Å². The number of halogens is 2. The smallest absolute Gasteiger partial charge is 0.338 e. The van der Waals surface area contributed by atoms with Gasteiger partial charge >= 0.3 is 5.97 Å². The summed E-state index contributed by atoms with van der Waals surface area (Å²) in [6, 6.07) is 26.8. The Morgan fingerprint density at radius 3 is 1.88 bits per heavy atom. The van der Waals surface area contributed by atoms with E-state index in [0.29, 0.717) is 5.02 Å². The Morgan fingerprint density at radius 1 is 0.738 bits per heavy atom. The zero-order valence-electron chi connectivity index (χ0n) is 21.9. The van der Waals surface area contributed by atoms with Crippen LogP contribution in [0.4, 0.5) is 11.4 Å². The number of ether oxygens (including phenoxy) is 1. The number of nitrogens with zero attached hydrogens (tertiary/aromatic N) is 1. The molecule has 2 atom stereocenters. The third-order valence-electron chi connectivity index (χ3n) is 8.33. The van der Waals surface area contributed by atoms with Crippen LogP contribution in [0.3, 0.4) is 0 Å². The van der Waals surface area contributed by atoms with Crippen molar-refractivity contribution >= 4 is 58.3 Å². The predicted molar refractivity (Wildman–Crippen MR) is 158 cm³/mol. The minimum atomic E-state index is -0.777. The SMILES string of the molecule is O=C(COC(=O)c1cccc(N2C(=O)[C@@H]3C4c5ccccc5C(c5ccccc54)[C@@H]3C2=O)c1)Nc1cc(Cl)ccc1Cl. The Kier molecular flexibility index (Phi) is 6.37. The quantitative estimate of drug-likeness (QED) is 0.219. The molecule has 0 aromatic heterocycles. The topological polar surface area (TPSA) is 92.8 Å². The van der Waals surface area contributed by atoms with Gasteiger partial charge in [0.05, 0.1) is 33.8 Å². The molecule has 1 aliphatic heterocycles. The van der Waals surface area contributed by atoms with Gasteiger partial charge in [0.25, 0.3) is 5.91 Å². The Labute approximate surface area is 251 Å². The maximum absolute atomic E-state index is 14.0. The van der Waals surface area contributed by atoms with E-state index in [1.165, 1.54) is 29.2 Å². The summed E-state index contributed by atoms with van der Waals surface area (Å²) < 4.78 is 5.21. The fourth-order valence-electron chi connectivity index (χ4n) is 6.70. The fraction of sp³-hybridized carbons (Fsp3) is 0.152. The van der Waals surface area contributed by atoms with Gasteiger partial charge in [-0.15, -0.1) is 0 Å². The van der Waals surface area contributed by atoms with E-state index in [0.717, 1.165) is 22.3 Å². The number of benzene rings is 4. The number of nitrogens with one attached hydrogen (secondary N) is 1. The maximum Gasteiger partial charge on any atom is 0.338 e. The second kappa shape index (κ2) is 10.1. The van der Waals surface area contributed by atoms with Gasteiger partial charge in [-0.3, -0.25) is 14.4 Å². The molecule has 4 aromatic carbocycles. The van der Waals surface area contributed by atoms with Crippen LogP contribution in [0.5, 0.6) is 0 Å². The number of amides is 3. The normalized spacial score (nSPS) is 21.4. The molecule has 8 rings (SSSR count). The van der Waals surface area contributed by atoms with E-state index >= 15 is 0 Å². The van der Waals surface area contributed by atoms with Crippen LogP contribution < -0.4 is 10.2 Å². The maximum atomic E-state index is 14.0. The summed E-state index contributed by atoms with van der Waals surface area (Å²) in [6.07, 6.45) is 0.